The van der Waals surface area contributed by atoms with Gasteiger partial charge in [0.25, 0.3) is 0 Å². The predicted octanol–water partition coefficient (Wildman–Crippen LogP) is 2.69. The number of anilines is 1. The van der Waals surface area contributed by atoms with E-state index in [1.807, 2.05) is 42.6 Å². The van der Waals surface area contributed by atoms with Crippen LogP contribution < -0.4 is 5.73 Å². The van der Waals surface area contributed by atoms with Crippen LogP contribution in [0.5, 0.6) is 0 Å². The van der Waals surface area contributed by atoms with Gasteiger partial charge in [-0.1, -0.05) is 25.1 Å². The molecule has 18 heavy (non-hydrogen) atoms. The molecule has 3 aromatic heterocycles. The standard InChI is InChI=1S/C13H14N4O/c1-8(2)12-11(14)13(18-16-12)9-7-15-10-5-3-4-6-17(9)10/h3-8H,14H2,1-2H3. The van der Waals surface area contributed by atoms with Crippen LogP contribution in [0.4, 0.5) is 5.69 Å². The second kappa shape index (κ2) is 3.87. The average molecular weight is 242 g/mol. The average Bonchev–Trinajstić information content (AvgIpc) is 2.92. The zero-order chi connectivity index (χ0) is 12.7. The topological polar surface area (TPSA) is 69.3 Å². The van der Waals surface area contributed by atoms with Crippen LogP contribution in [0.15, 0.2) is 35.1 Å². The highest BCUT2D eigenvalue weighted by atomic mass is 16.5. The molecule has 5 nitrogen and oxygen atoms in total. The highest BCUT2D eigenvalue weighted by Gasteiger charge is 2.19. The monoisotopic (exact) mass is 242 g/mol. The molecular formula is C13H14N4O. The summed E-state index contributed by atoms with van der Waals surface area (Å²) in [7, 11) is 0. The summed E-state index contributed by atoms with van der Waals surface area (Å²) in [5, 5.41) is 4.04. The number of hydrogen-bond donors (Lipinski definition) is 1. The largest absolute Gasteiger partial charge is 0.394 e. The van der Waals surface area contributed by atoms with E-state index in [2.05, 4.69) is 10.1 Å². The Hall–Kier alpha value is -2.30. The molecule has 0 radical (unpaired) electrons. The molecule has 0 saturated carbocycles. The van der Waals surface area contributed by atoms with Crippen LogP contribution in [0.25, 0.3) is 17.1 Å². The van der Waals surface area contributed by atoms with Gasteiger partial charge < -0.3 is 10.3 Å². The molecule has 3 aromatic rings. The van der Waals surface area contributed by atoms with E-state index in [0.29, 0.717) is 11.4 Å². The molecule has 0 unspecified atom stereocenters. The Morgan fingerprint density at radius 1 is 1.33 bits per heavy atom. The lowest BCUT2D eigenvalue weighted by atomic mass is 10.1. The summed E-state index contributed by atoms with van der Waals surface area (Å²) in [6.45, 7) is 4.07. The molecule has 0 bridgehead atoms. The highest BCUT2D eigenvalue weighted by Crippen LogP contribution is 2.32. The number of nitrogens with two attached hydrogens (primary N) is 1. The van der Waals surface area contributed by atoms with Crippen LogP contribution in [0, 0.1) is 0 Å². The molecule has 0 aliphatic rings. The minimum absolute atomic E-state index is 0.238. The fraction of sp³-hybridized carbons (Fsp3) is 0.231. The third-order valence-electron chi connectivity index (χ3n) is 2.95. The van der Waals surface area contributed by atoms with Gasteiger partial charge in [-0.05, 0) is 12.1 Å². The highest BCUT2D eigenvalue weighted by molar-refractivity contribution is 5.72. The third-order valence-corrected chi connectivity index (χ3v) is 2.95. The lowest BCUT2D eigenvalue weighted by Crippen LogP contribution is -1.95. The number of rotatable bonds is 2. The van der Waals surface area contributed by atoms with Gasteiger partial charge >= 0.3 is 0 Å². The van der Waals surface area contributed by atoms with Crippen LogP contribution in [0.3, 0.4) is 0 Å². The van der Waals surface area contributed by atoms with E-state index in [9.17, 15) is 0 Å². The molecule has 2 N–H and O–H groups in total. The number of nitrogens with zero attached hydrogens (tertiary/aromatic N) is 3. The molecule has 0 aliphatic heterocycles. The Balaban J connectivity index is 2.21. The van der Waals surface area contributed by atoms with Gasteiger partial charge in [0.15, 0.2) is 0 Å². The van der Waals surface area contributed by atoms with Crippen LogP contribution in [0.1, 0.15) is 25.5 Å². The Morgan fingerprint density at radius 3 is 2.89 bits per heavy atom. The molecule has 0 saturated heterocycles. The van der Waals surface area contributed by atoms with Crippen molar-refractivity contribution < 1.29 is 4.52 Å². The van der Waals surface area contributed by atoms with Crippen molar-refractivity contribution in [2.24, 2.45) is 0 Å². The Bertz CT molecular complexity index is 696. The summed E-state index contributed by atoms with van der Waals surface area (Å²) < 4.78 is 7.30. The number of pyridine rings is 1. The first kappa shape index (κ1) is 10.8. The van der Waals surface area contributed by atoms with Crippen LogP contribution in [-0.2, 0) is 0 Å². The van der Waals surface area contributed by atoms with Gasteiger partial charge in [0, 0.05) is 12.1 Å². The number of imidazole rings is 1. The van der Waals surface area contributed by atoms with Crippen molar-refractivity contribution in [3.63, 3.8) is 0 Å². The molecule has 0 amide bonds. The first-order chi connectivity index (χ1) is 8.68. The summed E-state index contributed by atoms with van der Waals surface area (Å²) in [5.74, 6) is 0.819. The van der Waals surface area contributed by atoms with E-state index in [-0.39, 0.29) is 5.92 Å². The number of nitrogen functional groups attached to an aromatic ring is 1. The maximum absolute atomic E-state index is 6.09. The van der Waals surface area contributed by atoms with E-state index in [0.717, 1.165) is 17.0 Å². The summed E-state index contributed by atoms with van der Waals surface area (Å²) in [6.07, 6.45) is 3.67. The van der Waals surface area contributed by atoms with Crippen molar-refractivity contribution in [3.05, 3.63) is 36.3 Å². The van der Waals surface area contributed by atoms with Crippen molar-refractivity contribution in [2.75, 3.05) is 5.73 Å². The van der Waals surface area contributed by atoms with Gasteiger partial charge in [-0.15, -0.1) is 0 Å². The third kappa shape index (κ3) is 1.48. The van der Waals surface area contributed by atoms with Crippen molar-refractivity contribution in [3.8, 4) is 11.5 Å². The zero-order valence-corrected chi connectivity index (χ0v) is 10.3. The van der Waals surface area contributed by atoms with Gasteiger partial charge in [-0.2, -0.15) is 0 Å². The smallest absolute Gasteiger partial charge is 0.208 e. The van der Waals surface area contributed by atoms with Gasteiger partial charge in [-0.25, -0.2) is 4.98 Å². The SMILES string of the molecule is CC(C)c1noc(-c2cnc3ccccn23)c1N. The van der Waals surface area contributed by atoms with Gasteiger partial charge in [0.05, 0.1) is 6.20 Å². The van der Waals surface area contributed by atoms with E-state index in [1.54, 1.807) is 6.20 Å². The normalized spacial score (nSPS) is 11.5. The number of fused-ring (bicyclic) bond motifs is 1. The maximum Gasteiger partial charge on any atom is 0.208 e. The summed E-state index contributed by atoms with van der Waals surface area (Å²) >= 11 is 0. The van der Waals surface area contributed by atoms with Crippen LogP contribution in [-0.4, -0.2) is 14.5 Å². The maximum atomic E-state index is 6.09. The number of hydrogen-bond acceptors (Lipinski definition) is 4. The van der Waals surface area contributed by atoms with Crippen molar-refractivity contribution in [1.29, 1.82) is 0 Å². The van der Waals surface area contributed by atoms with Gasteiger partial charge in [0.1, 0.15) is 22.7 Å². The molecule has 0 aliphatic carbocycles. The molecule has 92 valence electrons. The van der Waals surface area contributed by atoms with E-state index in [4.69, 9.17) is 10.3 Å². The van der Waals surface area contributed by atoms with Crippen LogP contribution >= 0.6 is 0 Å². The summed E-state index contributed by atoms with van der Waals surface area (Å²) in [4.78, 5) is 4.31. The molecular weight excluding hydrogens is 228 g/mol. The number of aromatic nitrogens is 3. The van der Waals surface area contributed by atoms with Gasteiger partial charge in [-0.3, -0.25) is 4.40 Å². The lowest BCUT2D eigenvalue weighted by molar-refractivity contribution is 0.418. The fourth-order valence-electron chi connectivity index (χ4n) is 2.01. The molecule has 0 spiro atoms. The summed E-state index contributed by atoms with van der Waals surface area (Å²) in [6, 6.07) is 5.81. The molecule has 3 heterocycles. The Labute approximate surface area is 104 Å². The Morgan fingerprint density at radius 2 is 2.17 bits per heavy atom. The zero-order valence-electron chi connectivity index (χ0n) is 10.3. The molecule has 0 atom stereocenters. The molecule has 0 fully saturated rings. The Kier molecular flexibility index (Phi) is 2.33. The molecule has 0 aromatic carbocycles. The first-order valence-electron chi connectivity index (χ1n) is 5.86. The fourth-order valence-corrected chi connectivity index (χ4v) is 2.01. The van der Waals surface area contributed by atoms with E-state index in [1.165, 1.54) is 0 Å². The quantitative estimate of drug-likeness (QED) is 0.750. The first-order valence-corrected chi connectivity index (χ1v) is 5.86. The molecule has 3 rings (SSSR count). The van der Waals surface area contributed by atoms with Crippen molar-refractivity contribution in [1.82, 2.24) is 14.5 Å². The minimum Gasteiger partial charge on any atom is -0.394 e. The second-order valence-electron chi connectivity index (χ2n) is 4.54. The second-order valence-corrected chi connectivity index (χ2v) is 4.54. The van der Waals surface area contributed by atoms with Crippen molar-refractivity contribution in [2.45, 2.75) is 19.8 Å². The summed E-state index contributed by atoms with van der Waals surface area (Å²) in [5.41, 5.74) is 9.15. The van der Waals surface area contributed by atoms with E-state index >= 15 is 0 Å². The predicted molar refractivity (Wildman–Crippen MR) is 69.2 cm³/mol. The van der Waals surface area contributed by atoms with E-state index < -0.39 is 0 Å². The van der Waals surface area contributed by atoms with Crippen LogP contribution in [0.2, 0.25) is 0 Å². The minimum atomic E-state index is 0.238. The van der Waals surface area contributed by atoms with Gasteiger partial charge in [0.2, 0.25) is 5.76 Å². The van der Waals surface area contributed by atoms with Crippen molar-refractivity contribution >= 4 is 11.3 Å². The lowest BCUT2D eigenvalue weighted by Gasteiger charge is -2.00. The molecule has 5 heteroatoms.